The molecule has 0 fully saturated rings. The number of hydrogen-bond donors (Lipinski definition) is 3. The quantitative estimate of drug-likeness (QED) is 0.723. The first-order chi connectivity index (χ1) is 12.6. The van der Waals surface area contributed by atoms with Crippen molar-refractivity contribution < 1.29 is 27.9 Å². The summed E-state index contributed by atoms with van der Waals surface area (Å²) in [5.41, 5.74) is 10.4. The van der Waals surface area contributed by atoms with Crippen molar-refractivity contribution in [2.24, 2.45) is 5.73 Å². The van der Waals surface area contributed by atoms with Crippen LogP contribution in [0.1, 0.15) is 47.2 Å². The highest BCUT2D eigenvalue weighted by atomic mass is 19.4. The molecule has 27 heavy (non-hydrogen) atoms. The number of likely N-dealkylation sites (N-methyl/N-ethyl adjacent to an activating group) is 1. The molecule has 2 rings (SSSR count). The number of amides is 1. The van der Waals surface area contributed by atoms with Gasteiger partial charge in [0.25, 0.3) is 0 Å². The normalized spacial score (nSPS) is 13.9. The van der Waals surface area contributed by atoms with Crippen molar-refractivity contribution in [3.05, 3.63) is 47.5 Å². The van der Waals surface area contributed by atoms with Crippen molar-refractivity contribution in [1.29, 1.82) is 0 Å². The molecule has 1 aromatic carbocycles. The zero-order chi connectivity index (χ0) is 20.6. The van der Waals surface area contributed by atoms with Gasteiger partial charge in [-0.05, 0) is 67.1 Å². The number of carbonyl (C=O) groups is 2. The van der Waals surface area contributed by atoms with Crippen molar-refractivity contribution in [2.75, 3.05) is 13.6 Å². The average Bonchev–Trinajstić information content (AvgIpc) is 2.61. The third kappa shape index (κ3) is 6.90. The number of carbonyl (C=O) groups excluding carboxylic acids is 1. The van der Waals surface area contributed by atoms with Crippen LogP contribution in [0, 0.1) is 0 Å². The third-order valence-electron chi connectivity index (χ3n) is 3.96. The molecule has 0 aliphatic heterocycles. The second kappa shape index (κ2) is 9.91. The fourth-order valence-electron chi connectivity index (χ4n) is 2.64. The Balaban J connectivity index is 0.000000445. The van der Waals surface area contributed by atoms with Crippen LogP contribution in [0.4, 0.5) is 13.2 Å². The van der Waals surface area contributed by atoms with Gasteiger partial charge in [-0.15, -0.1) is 0 Å². The van der Waals surface area contributed by atoms with Crippen molar-refractivity contribution >= 4 is 23.0 Å². The molecule has 5 nitrogen and oxygen atoms in total. The SMILES string of the molecule is C=C(CNC)c1ccc(C(N)=O)c(C2=CCCCC2)c1.O=C(O)C(F)(F)F. The minimum Gasteiger partial charge on any atom is -0.475 e. The summed E-state index contributed by atoms with van der Waals surface area (Å²) in [6.45, 7) is 4.81. The predicted molar refractivity (Wildman–Crippen MR) is 98.1 cm³/mol. The Bertz CT molecular complexity index is 740. The number of allylic oxidation sites excluding steroid dienone is 2. The van der Waals surface area contributed by atoms with Gasteiger partial charge in [0.05, 0.1) is 0 Å². The molecule has 0 saturated heterocycles. The van der Waals surface area contributed by atoms with Crippen LogP contribution >= 0.6 is 0 Å². The molecule has 0 heterocycles. The second-order valence-electron chi connectivity index (χ2n) is 6.04. The molecule has 0 unspecified atom stereocenters. The number of benzene rings is 1. The summed E-state index contributed by atoms with van der Waals surface area (Å²) in [6.07, 6.45) is 1.64. The summed E-state index contributed by atoms with van der Waals surface area (Å²) in [7, 11) is 1.90. The molecule has 0 spiro atoms. The smallest absolute Gasteiger partial charge is 0.475 e. The summed E-state index contributed by atoms with van der Waals surface area (Å²) in [6, 6.07) is 5.80. The topological polar surface area (TPSA) is 92.4 Å². The Morgan fingerprint density at radius 3 is 2.37 bits per heavy atom. The molecule has 0 bridgehead atoms. The van der Waals surface area contributed by atoms with Crippen LogP contribution in [0.2, 0.25) is 0 Å². The maximum Gasteiger partial charge on any atom is 0.490 e. The van der Waals surface area contributed by atoms with Gasteiger partial charge in [-0.2, -0.15) is 13.2 Å². The minimum atomic E-state index is -5.08. The molecule has 0 atom stereocenters. The highest BCUT2D eigenvalue weighted by Crippen LogP contribution is 2.30. The largest absolute Gasteiger partial charge is 0.490 e. The Labute approximate surface area is 155 Å². The summed E-state index contributed by atoms with van der Waals surface area (Å²) < 4.78 is 31.7. The monoisotopic (exact) mass is 384 g/mol. The van der Waals surface area contributed by atoms with Gasteiger partial charge in [0.2, 0.25) is 5.91 Å². The number of nitrogens with one attached hydrogen (secondary N) is 1. The molecule has 8 heteroatoms. The van der Waals surface area contributed by atoms with E-state index < -0.39 is 12.1 Å². The van der Waals surface area contributed by atoms with E-state index in [1.807, 2.05) is 19.2 Å². The zero-order valence-electron chi connectivity index (χ0n) is 15.0. The molecule has 1 aliphatic carbocycles. The highest BCUT2D eigenvalue weighted by Gasteiger charge is 2.38. The van der Waals surface area contributed by atoms with Crippen LogP contribution in [0.3, 0.4) is 0 Å². The Morgan fingerprint density at radius 2 is 1.93 bits per heavy atom. The standard InChI is InChI=1S/C17H22N2O.C2HF3O2/c1-12(11-19-2)14-8-9-15(17(18)20)16(10-14)13-6-4-3-5-7-13;3-2(4,5)1(6)7/h6,8-10,19H,1,3-5,7,11H2,2H3,(H2,18,20);(H,6,7). The molecule has 1 aliphatic rings. The van der Waals surface area contributed by atoms with Crippen LogP contribution < -0.4 is 11.1 Å². The van der Waals surface area contributed by atoms with Crippen LogP contribution in [0.5, 0.6) is 0 Å². The third-order valence-corrected chi connectivity index (χ3v) is 3.96. The van der Waals surface area contributed by atoms with E-state index in [2.05, 4.69) is 24.0 Å². The van der Waals surface area contributed by atoms with Gasteiger partial charge in [-0.3, -0.25) is 4.79 Å². The number of hydrogen-bond acceptors (Lipinski definition) is 3. The van der Waals surface area contributed by atoms with Gasteiger partial charge in [-0.1, -0.05) is 18.7 Å². The molecule has 0 saturated carbocycles. The van der Waals surface area contributed by atoms with E-state index in [9.17, 15) is 18.0 Å². The number of nitrogens with two attached hydrogens (primary N) is 1. The number of primary amides is 1. The fraction of sp³-hybridized carbons (Fsp3) is 0.368. The molecule has 1 aromatic rings. The molecule has 148 valence electrons. The first-order valence-electron chi connectivity index (χ1n) is 8.34. The number of rotatable bonds is 5. The lowest BCUT2D eigenvalue weighted by Crippen LogP contribution is -2.21. The maximum atomic E-state index is 11.6. The van der Waals surface area contributed by atoms with E-state index in [1.165, 1.54) is 18.4 Å². The van der Waals surface area contributed by atoms with E-state index in [0.29, 0.717) is 5.56 Å². The molecule has 0 radical (unpaired) electrons. The van der Waals surface area contributed by atoms with E-state index in [1.54, 1.807) is 0 Å². The Kier molecular flexibility index (Phi) is 8.24. The second-order valence-corrected chi connectivity index (χ2v) is 6.04. The van der Waals surface area contributed by atoms with Crippen LogP contribution in [0.15, 0.2) is 30.9 Å². The first-order valence-corrected chi connectivity index (χ1v) is 8.34. The lowest BCUT2D eigenvalue weighted by molar-refractivity contribution is -0.192. The maximum absolute atomic E-state index is 11.6. The lowest BCUT2D eigenvalue weighted by Gasteiger charge is -2.17. The van der Waals surface area contributed by atoms with Gasteiger partial charge in [0, 0.05) is 12.1 Å². The van der Waals surface area contributed by atoms with Crippen LogP contribution in [-0.4, -0.2) is 36.8 Å². The van der Waals surface area contributed by atoms with Crippen LogP contribution in [0.25, 0.3) is 11.1 Å². The summed E-state index contributed by atoms with van der Waals surface area (Å²) in [4.78, 5) is 20.5. The lowest BCUT2D eigenvalue weighted by atomic mass is 9.88. The van der Waals surface area contributed by atoms with Gasteiger partial charge < -0.3 is 16.2 Å². The number of alkyl halides is 3. The van der Waals surface area contributed by atoms with Crippen molar-refractivity contribution in [3.63, 3.8) is 0 Å². The molecule has 0 aromatic heterocycles. The fourth-order valence-corrected chi connectivity index (χ4v) is 2.64. The van der Waals surface area contributed by atoms with Crippen molar-refractivity contribution in [3.8, 4) is 0 Å². The van der Waals surface area contributed by atoms with E-state index in [4.69, 9.17) is 15.6 Å². The first kappa shape index (κ1) is 22.4. The summed E-state index contributed by atoms with van der Waals surface area (Å²) in [5.74, 6) is -3.12. The van der Waals surface area contributed by atoms with E-state index >= 15 is 0 Å². The Hall–Kier alpha value is -2.61. The van der Waals surface area contributed by atoms with Gasteiger partial charge in [-0.25, -0.2) is 4.79 Å². The summed E-state index contributed by atoms with van der Waals surface area (Å²) >= 11 is 0. The minimum absolute atomic E-state index is 0.364. The number of carboxylic acids is 1. The van der Waals surface area contributed by atoms with Gasteiger partial charge >= 0.3 is 12.1 Å². The van der Waals surface area contributed by atoms with E-state index in [-0.39, 0.29) is 5.91 Å². The van der Waals surface area contributed by atoms with Crippen molar-refractivity contribution in [1.82, 2.24) is 5.32 Å². The van der Waals surface area contributed by atoms with Gasteiger partial charge in [0.15, 0.2) is 0 Å². The molecule has 1 amide bonds. The predicted octanol–water partition coefficient (Wildman–Crippen LogP) is 3.61. The molecular formula is C19H23F3N2O3. The Morgan fingerprint density at radius 1 is 1.30 bits per heavy atom. The van der Waals surface area contributed by atoms with Crippen LogP contribution in [-0.2, 0) is 4.79 Å². The van der Waals surface area contributed by atoms with Crippen molar-refractivity contribution in [2.45, 2.75) is 31.9 Å². The number of carboxylic acid groups (broad SMARTS) is 1. The van der Waals surface area contributed by atoms with E-state index in [0.717, 1.165) is 36.1 Å². The zero-order valence-corrected chi connectivity index (χ0v) is 15.0. The molecule has 4 N–H and O–H groups in total. The number of halogens is 3. The number of aliphatic carboxylic acids is 1. The summed E-state index contributed by atoms with van der Waals surface area (Å²) in [5, 5.41) is 10.2. The molecular weight excluding hydrogens is 361 g/mol. The van der Waals surface area contributed by atoms with Gasteiger partial charge in [0.1, 0.15) is 0 Å². The average molecular weight is 384 g/mol. The highest BCUT2D eigenvalue weighted by molar-refractivity contribution is 5.98.